The number of aryl methyl sites for hydroxylation is 2. The van der Waals surface area contributed by atoms with Crippen LogP contribution in [0.3, 0.4) is 0 Å². The molecule has 0 amide bonds. The molecule has 0 saturated carbocycles. The van der Waals surface area contributed by atoms with Gasteiger partial charge in [0.2, 0.25) is 10.0 Å². The predicted octanol–water partition coefficient (Wildman–Crippen LogP) is 2.10. The lowest BCUT2D eigenvalue weighted by atomic mass is 10.0. The number of nitrogens with two attached hydrogens (primary N) is 1. The third-order valence-corrected chi connectivity index (χ3v) is 6.41. The molecule has 0 radical (unpaired) electrons. The molecule has 1 unspecified atom stereocenters. The van der Waals surface area contributed by atoms with E-state index in [1.807, 2.05) is 0 Å². The van der Waals surface area contributed by atoms with Crippen LogP contribution in [-0.2, 0) is 10.0 Å². The fraction of sp³-hybridized carbons (Fsp3) is 0.600. The summed E-state index contributed by atoms with van der Waals surface area (Å²) in [7, 11) is -3.91. The number of rotatable bonds is 5. The van der Waals surface area contributed by atoms with Crippen LogP contribution >= 0.6 is 0 Å². The summed E-state index contributed by atoms with van der Waals surface area (Å²) >= 11 is 0. The van der Waals surface area contributed by atoms with E-state index in [9.17, 15) is 18.5 Å². The van der Waals surface area contributed by atoms with Crippen molar-refractivity contribution in [2.45, 2.75) is 50.5 Å². The van der Waals surface area contributed by atoms with Crippen molar-refractivity contribution in [3.63, 3.8) is 0 Å². The molecule has 1 aliphatic heterocycles. The molecule has 1 atom stereocenters. The SMILES string of the molecule is Cc1cc([N+](=O)[O-])c(S(=O)(=O)N2CCCCC2CCN)cc1C. The fourth-order valence-electron chi connectivity index (χ4n) is 3.02. The van der Waals surface area contributed by atoms with Gasteiger partial charge < -0.3 is 5.73 Å². The molecule has 1 aliphatic rings. The molecule has 2 N–H and O–H groups in total. The minimum Gasteiger partial charge on any atom is -0.330 e. The van der Waals surface area contributed by atoms with Crippen LogP contribution in [0.5, 0.6) is 0 Å². The van der Waals surface area contributed by atoms with Gasteiger partial charge in [0.05, 0.1) is 4.92 Å². The number of hydrogen-bond acceptors (Lipinski definition) is 5. The maximum Gasteiger partial charge on any atom is 0.289 e. The van der Waals surface area contributed by atoms with Crippen molar-refractivity contribution in [3.05, 3.63) is 33.4 Å². The molecular formula is C15H23N3O4S. The highest BCUT2D eigenvalue weighted by molar-refractivity contribution is 7.89. The maximum absolute atomic E-state index is 13.0. The van der Waals surface area contributed by atoms with Gasteiger partial charge in [-0.25, -0.2) is 8.42 Å². The minimum atomic E-state index is -3.91. The van der Waals surface area contributed by atoms with Crippen LogP contribution in [0.15, 0.2) is 17.0 Å². The average molecular weight is 341 g/mol. The topological polar surface area (TPSA) is 107 Å². The molecule has 0 spiro atoms. The normalized spacial score (nSPS) is 19.7. The Hall–Kier alpha value is -1.51. The van der Waals surface area contributed by atoms with Crippen LogP contribution in [0.25, 0.3) is 0 Å². The molecule has 2 rings (SSSR count). The fourth-order valence-corrected chi connectivity index (χ4v) is 4.97. The summed E-state index contributed by atoms with van der Waals surface area (Å²) in [6.45, 7) is 4.27. The van der Waals surface area contributed by atoms with E-state index in [-0.39, 0.29) is 16.6 Å². The molecule has 0 aromatic heterocycles. The Balaban J connectivity index is 2.54. The third kappa shape index (κ3) is 3.54. The van der Waals surface area contributed by atoms with Gasteiger partial charge in [-0.1, -0.05) is 6.42 Å². The summed E-state index contributed by atoms with van der Waals surface area (Å²) in [4.78, 5) is 10.5. The van der Waals surface area contributed by atoms with Gasteiger partial charge in [-0.3, -0.25) is 10.1 Å². The second-order valence-electron chi connectivity index (χ2n) is 6.00. The van der Waals surface area contributed by atoms with Gasteiger partial charge in [0.1, 0.15) is 0 Å². The molecule has 1 saturated heterocycles. The summed E-state index contributed by atoms with van der Waals surface area (Å²) in [5.74, 6) is 0. The molecule has 0 aliphatic carbocycles. The standard InChI is InChI=1S/C15H23N3O4S/c1-11-9-14(18(19)20)15(10-12(11)2)23(21,22)17-8-4-3-5-13(17)6-7-16/h9-10,13H,3-8,16H2,1-2H3. The van der Waals surface area contributed by atoms with Crippen LogP contribution in [-0.4, -0.2) is 36.8 Å². The van der Waals surface area contributed by atoms with Crippen molar-refractivity contribution in [2.75, 3.05) is 13.1 Å². The Kier molecular flexibility index (Phi) is 5.38. The molecule has 128 valence electrons. The van der Waals surface area contributed by atoms with Crippen LogP contribution in [0.4, 0.5) is 5.69 Å². The van der Waals surface area contributed by atoms with Crippen LogP contribution in [0, 0.1) is 24.0 Å². The van der Waals surface area contributed by atoms with Crippen LogP contribution < -0.4 is 5.73 Å². The van der Waals surface area contributed by atoms with E-state index in [1.165, 1.54) is 16.4 Å². The highest BCUT2D eigenvalue weighted by Crippen LogP contribution is 2.33. The van der Waals surface area contributed by atoms with E-state index in [4.69, 9.17) is 5.73 Å². The lowest BCUT2D eigenvalue weighted by Crippen LogP contribution is -2.44. The first kappa shape index (κ1) is 17.8. The summed E-state index contributed by atoms with van der Waals surface area (Å²) in [6.07, 6.45) is 3.03. The van der Waals surface area contributed by atoms with Crippen molar-refractivity contribution >= 4 is 15.7 Å². The van der Waals surface area contributed by atoms with Crippen molar-refractivity contribution in [1.29, 1.82) is 0 Å². The molecule has 8 heteroatoms. The third-order valence-electron chi connectivity index (χ3n) is 4.43. The van der Waals surface area contributed by atoms with Crippen molar-refractivity contribution in [1.82, 2.24) is 4.31 Å². The highest BCUT2D eigenvalue weighted by Gasteiger charge is 2.37. The Morgan fingerprint density at radius 2 is 1.96 bits per heavy atom. The zero-order valence-corrected chi connectivity index (χ0v) is 14.3. The second-order valence-corrected chi connectivity index (χ2v) is 7.86. The van der Waals surface area contributed by atoms with Gasteiger partial charge in [-0.05, 0) is 56.8 Å². The van der Waals surface area contributed by atoms with Crippen molar-refractivity contribution < 1.29 is 13.3 Å². The molecule has 1 aromatic carbocycles. The van der Waals surface area contributed by atoms with E-state index in [1.54, 1.807) is 13.8 Å². The van der Waals surface area contributed by atoms with Gasteiger partial charge in [0.25, 0.3) is 5.69 Å². The molecule has 0 bridgehead atoms. The summed E-state index contributed by atoms with van der Waals surface area (Å²) in [5.41, 5.74) is 6.66. The number of nitro benzene ring substituents is 1. The lowest BCUT2D eigenvalue weighted by Gasteiger charge is -2.34. The Morgan fingerprint density at radius 1 is 1.30 bits per heavy atom. The van der Waals surface area contributed by atoms with Gasteiger partial charge in [0.15, 0.2) is 4.90 Å². The quantitative estimate of drug-likeness (QED) is 0.652. The first-order valence-electron chi connectivity index (χ1n) is 7.76. The van der Waals surface area contributed by atoms with Gasteiger partial charge >= 0.3 is 0 Å². The molecule has 1 fully saturated rings. The Morgan fingerprint density at radius 3 is 2.57 bits per heavy atom. The van der Waals surface area contributed by atoms with Gasteiger partial charge in [-0.15, -0.1) is 0 Å². The molecule has 23 heavy (non-hydrogen) atoms. The number of piperidine rings is 1. The van der Waals surface area contributed by atoms with Crippen LogP contribution in [0.1, 0.15) is 36.8 Å². The van der Waals surface area contributed by atoms with E-state index < -0.39 is 14.9 Å². The number of nitrogens with zero attached hydrogens (tertiary/aromatic N) is 2. The maximum atomic E-state index is 13.0. The molecule has 1 aromatic rings. The zero-order chi connectivity index (χ0) is 17.2. The van der Waals surface area contributed by atoms with E-state index in [0.717, 1.165) is 24.8 Å². The average Bonchev–Trinajstić information content (AvgIpc) is 2.50. The lowest BCUT2D eigenvalue weighted by molar-refractivity contribution is -0.387. The Labute approximate surface area is 136 Å². The second kappa shape index (κ2) is 6.94. The number of sulfonamides is 1. The van der Waals surface area contributed by atoms with Crippen LogP contribution in [0.2, 0.25) is 0 Å². The van der Waals surface area contributed by atoms with E-state index in [0.29, 0.717) is 25.1 Å². The number of hydrogen-bond donors (Lipinski definition) is 1. The number of benzene rings is 1. The predicted molar refractivity (Wildman–Crippen MR) is 87.8 cm³/mol. The molecule has 1 heterocycles. The van der Waals surface area contributed by atoms with E-state index >= 15 is 0 Å². The van der Waals surface area contributed by atoms with E-state index in [2.05, 4.69) is 0 Å². The summed E-state index contributed by atoms with van der Waals surface area (Å²) in [5, 5.41) is 11.3. The molecular weight excluding hydrogens is 318 g/mol. The Bertz CT molecular complexity index is 701. The summed E-state index contributed by atoms with van der Waals surface area (Å²) < 4.78 is 27.5. The van der Waals surface area contributed by atoms with Gasteiger partial charge in [-0.2, -0.15) is 4.31 Å². The zero-order valence-electron chi connectivity index (χ0n) is 13.5. The van der Waals surface area contributed by atoms with Crippen molar-refractivity contribution in [3.8, 4) is 0 Å². The first-order valence-corrected chi connectivity index (χ1v) is 9.20. The summed E-state index contributed by atoms with van der Waals surface area (Å²) in [6, 6.07) is 2.57. The van der Waals surface area contributed by atoms with Crippen molar-refractivity contribution in [2.24, 2.45) is 5.73 Å². The molecule has 7 nitrogen and oxygen atoms in total. The smallest absolute Gasteiger partial charge is 0.289 e. The first-order chi connectivity index (χ1) is 10.8. The van der Waals surface area contributed by atoms with Gasteiger partial charge in [0, 0.05) is 18.7 Å². The number of nitro groups is 1. The largest absolute Gasteiger partial charge is 0.330 e. The minimum absolute atomic E-state index is 0.181. The monoisotopic (exact) mass is 341 g/mol. The highest BCUT2D eigenvalue weighted by atomic mass is 32.2.